The summed E-state index contributed by atoms with van der Waals surface area (Å²) in [4.78, 5) is 12.1. The zero-order valence-electron chi connectivity index (χ0n) is 15.3. The number of nitrogens with one attached hydrogen (secondary N) is 2. The molecule has 2 aromatic rings. The molecule has 1 aliphatic heterocycles. The summed E-state index contributed by atoms with van der Waals surface area (Å²) in [6.07, 6.45) is -3.28. The highest BCUT2D eigenvalue weighted by atomic mass is 19.4. The molecule has 28 heavy (non-hydrogen) atoms. The SMILES string of the molecule is COc1cccc2c1OCC(NC(=O)NCCc1ccc(C(F)(F)F)cc1)C2. The highest BCUT2D eigenvalue weighted by Crippen LogP contribution is 2.34. The fraction of sp³-hybridized carbons (Fsp3) is 0.350. The summed E-state index contributed by atoms with van der Waals surface area (Å²) in [7, 11) is 1.58. The molecule has 3 rings (SSSR count). The molecule has 0 fully saturated rings. The summed E-state index contributed by atoms with van der Waals surface area (Å²) in [6, 6.07) is 10.0. The van der Waals surface area contributed by atoms with Crippen LogP contribution >= 0.6 is 0 Å². The quantitative estimate of drug-likeness (QED) is 0.815. The minimum atomic E-state index is -4.35. The van der Waals surface area contributed by atoms with Gasteiger partial charge in [-0.15, -0.1) is 0 Å². The van der Waals surface area contributed by atoms with Crippen molar-refractivity contribution in [2.45, 2.75) is 25.1 Å². The number of amides is 2. The number of urea groups is 1. The van der Waals surface area contributed by atoms with E-state index in [0.29, 0.717) is 37.5 Å². The Morgan fingerprint density at radius 3 is 2.64 bits per heavy atom. The van der Waals surface area contributed by atoms with Gasteiger partial charge in [0.2, 0.25) is 0 Å². The van der Waals surface area contributed by atoms with Crippen LogP contribution in [0, 0.1) is 0 Å². The van der Waals surface area contributed by atoms with Crippen LogP contribution in [0.15, 0.2) is 42.5 Å². The summed E-state index contributed by atoms with van der Waals surface area (Å²) in [5.74, 6) is 1.36. The number of alkyl halides is 3. The van der Waals surface area contributed by atoms with Crippen molar-refractivity contribution in [1.82, 2.24) is 10.6 Å². The lowest BCUT2D eigenvalue weighted by molar-refractivity contribution is -0.137. The number of methoxy groups -OCH3 is 1. The number of hydrogen-bond acceptors (Lipinski definition) is 3. The first-order valence-electron chi connectivity index (χ1n) is 8.86. The van der Waals surface area contributed by atoms with Crippen LogP contribution in [-0.4, -0.2) is 32.3 Å². The van der Waals surface area contributed by atoms with E-state index in [9.17, 15) is 18.0 Å². The maximum absolute atomic E-state index is 12.6. The number of ether oxygens (including phenoxy) is 2. The summed E-state index contributed by atoms with van der Waals surface area (Å²) in [5, 5.41) is 5.57. The van der Waals surface area contributed by atoms with Crippen LogP contribution in [0.1, 0.15) is 16.7 Å². The molecule has 0 radical (unpaired) electrons. The smallest absolute Gasteiger partial charge is 0.416 e. The fourth-order valence-electron chi connectivity index (χ4n) is 3.06. The molecule has 1 unspecified atom stereocenters. The molecule has 2 amide bonds. The number of carbonyl (C=O) groups is 1. The third kappa shape index (κ3) is 4.88. The van der Waals surface area contributed by atoms with Gasteiger partial charge in [0.25, 0.3) is 0 Å². The molecule has 2 N–H and O–H groups in total. The van der Waals surface area contributed by atoms with Crippen LogP contribution in [0.3, 0.4) is 0 Å². The van der Waals surface area contributed by atoms with E-state index in [0.717, 1.165) is 23.3 Å². The van der Waals surface area contributed by atoms with E-state index in [1.165, 1.54) is 12.1 Å². The van der Waals surface area contributed by atoms with Gasteiger partial charge < -0.3 is 20.1 Å². The van der Waals surface area contributed by atoms with E-state index < -0.39 is 11.7 Å². The Bertz CT molecular complexity index is 822. The fourth-order valence-corrected chi connectivity index (χ4v) is 3.06. The molecule has 1 atom stereocenters. The molecule has 0 spiro atoms. The average Bonchev–Trinajstić information content (AvgIpc) is 2.67. The number of para-hydroxylation sites is 1. The Hall–Kier alpha value is -2.90. The highest BCUT2D eigenvalue weighted by Gasteiger charge is 2.30. The van der Waals surface area contributed by atoms with Crippen LogP contribution < -0.4 is 20.1 Å². The second kappa shape index (κ2) is 8.41. The van der Waals surface area contributed by atoms with Gasteiger partial charge in [0.05, 0.1) is 18.7 Å². The Labute approximate surface area is 160 Å². The van der Waals surface area contributed by atoms with Gasteiger partial charge in [-0.2, -0.15) is 13.2 Å². The normalized spacial score (nSPS) is 15.9. The minimum absolute atomic E-state index is 0.175. The van der Waals surface area contributed by atoms with E-state index in [2.05, 4.69) is 10.6 Å². The van der Waals surface area contributed by atoms with Gasteiger partial charge in [0, 0.05) is 12.1 Å². The second-order valence-corrected chi connectivity index (χ2v) is 6.51. The molecular formula is C20H21F3N2O3. The standard InChI is InChI=1S/C20H21F3N2O3/c1-27-17-4-2-3-14-11-16(12-28-18(14)17)25-19(26)24-10-9-13-5-7-15(8-6-13)20(21,22)23/h2-8,16H,9-12H2,1H3,(H2,24,25,26). The van der Waals surface area contributed by atoms with E-state index >= 15 is 0 Å². The number of carbonyl (C=O) groups excluding carboxylic acids is 1. The second-order valence-electron chi connectivity index (χ2n) is 6.51. The van der Waals surface area contributed by atoms with E-state index in [1.54, 1.807) is 7.11 Å². The number of hydrogen-bond donors (Lipinski definition) is 2. The topological polar surface area (TPSA) is 59.6 Å². The lowest BCUT2D eigenvalue weighted by atomic mass is 10.0. The average molecular weight is 394 g/mol. The molecule has 2 aromatic carbocycles. The lowest BCUT2D eigenvalue weighted by Crippen LogP contribution is -2.47. The van der Waals surface area contributed by atoms with Gasteiger partial charge in [-0.25, -0.2) is 4.79 Å². The molecule has 0 aromatic heterocycles. The van der Waals surface area contributed by atoms with E-state index in [1.807, 2.05) is 18.2 Å². The largest absolute Gasteiger partial charge is 0.493 e. The summed E-state index contributed by atoms with van der Waals surface area (Å²) in [6.45, 7) is 0.648. The molecule has 0 saturated heterocycles. The molecule has 0 saturated carbocycles. The minimum Gasteiger partial charge on any atom is -0.493 e. The van der Waals surface area contributed by atoms with Crippen LogP contribution in [0.2, 0.25) is 0 Å². The van der Waals surface area contributed by atoms with Gasteiger partial charge in [-0.1, -0.05) is 24.3 Å². The maximum Gasteiger partial charge on any atom is 0.416 e. The van der Waals surface area contributed by atoms with Crippen molar-refractivity contribution >= 4 is 6.03 Å². The van der Waals surface area contributed by atoms with E-state index in [4.69, 9.17) is 9.47 Å². The van der Waals surface area contributed by atoms with Crippen LogP contribution in [0.25, 0.3) is 0 Å². The Balaban J connectivity index is 1.45. The van der Waals surface area contributed by atoms with Gasteiger partial charge in [0.15, 0.2) is 11.5 Å². The van der Waals surface area contributed by atoms with Crippen LogP contribution in [0.4, 0.5) is 18.0 Å². The predicted molar refractivity (Wildman–Crippen MR) is 97.7 cm³/mol. The molecule has 1 aliphatic rings. The molecule has 150 valence electrons. The number of halogens is 3. The Kier molecular flexibility index (Phi) is 5.96. The van der Waals surface area contributed by atoms with E-state index in [-0.39, 0.29) is 12.1 Å². The molecule has 5 nitrogen and oxygen atoms in total. The molecule has 0 bridgehead atoms. The van der Waals surface area contributed by atoms with Gasteiger partial charge in [-0.05, 0) is 36.6 Å². The van der Waals surface area contributed by atoms with Crippen molar-refractivity contribution in [3.8, 4) is 11.5 Å². The summed E-state index contributed by atoms with van der Waals surface area (Å²) >= 11 is 0. The van der Waals surface area contributed by atoms with Gasteiger partial charge >= 0.3 is 12.2 Å². The monoisotopic (exact) mass is 394 g/mol. The number of fused-ring (bicyclic) bond motifs is 1. The van der Waals surface area contributed by atoms with Crippen molar-refractivity contribution < 1.29 is 27.4 Å². The first-order valence-corrected chi connectivity index (χ1v) is 8.86. The first kappa shape index (κ1) is 19.9. The maximum atomic E-state index is 12.6. The van der Waals surface area contributed by atoms with Crippen LogP contribution in [-0.2, 0) is 19.0 Å². The highest BCUT2D eigenvalue weighted by molar-refractivity contribution is 5.74. The van der Waals surface area contributed by atoms with Gasteiger partial charge in [0.1, 0.15) is 6.61 Å². The van der Waals surface area contributed by atoms with Crippen molar-refractivity contribution in [3.63, 3.8) is 0 Å². The van der Waals surface area contributed by atoms with Crippen molar-refractivity contribution in [2.75, 3.05) is 20.3 Å². The van der Waals surface area contributed by atoms with Crippen molar-refractivity contribution in [1.29, 1.82) is 0 Å². The summed E-state index contributed by atoms with van der Waals surface area (Å²) in [5.41, 5.74) is 0.993. The first-order chi connectivity index (χ1) is 13.4. The molecule has 8 heteroatoms. The molecule has 0 aliphatic carbocycles. The zero-order valence-corrected chi connectivity index (χ0v) is 15.3. The summed E-state index contributed by atoms with van der Waals surface area (Å²) < 4.78 is 48.6. The zero-order chi connectivity index (χ0) is 20.1. The van der Waals surface area contributed by atoms with Crippen molar-refractivity contribution in [2.24, 2.45) is 0 Å². The number of rotatable bonds is 5. The Morgan fingerprint density at radius 2 is 1.96 bits per heavy atom. The van der Waals surface area contributed by atoms with Gasteiger partial charge in [-0.3, -0.25) is 0 Å². The molecule has 1 heterocycles. The Morgan fingerprint density at radius 1 is 1.21 bits per heavy atom. The third-order valence-electron chi connectivity index (χ3n) is 4.49. The third-order valence-corrected chi connectivity index (χ3v) is 4.49. The molecular weight excluding hydrogens is 373 g/mol. The number of benzene rings is 2. The predicted octanol–water partition coefficient (Wildman–Crippen LogP) is 3.56. The van der Waals surface area contributed by atoms with Crippen molar-refractivity contribution in [3.05, 3.63) is 59.2 Å². The van der Waals surface area contributed by atoms with Crippen LogP contribution in [0.5, 0.6) is 11.5 Å². The lowest BCUT2D eigenvalue weighted by Gasteiger charge is -2.27.